The van der Waals surface area contributed by atoms with Gasteiger partial charge < -0.3 is 9.32 Å². The van der Waals surface area contributed by atoms with Crippen molar-refractivity contribution in [2.75, 3.05) is 6.54 Å². The summed E-state index contributed by atoms with van der Waals surface area (Å²) >= 11 is 0. The summed E-state index contributed by atoms with van der Waals surface area (Å²) in [6.45, 7) is 9.55. The van der Waals surface area contributed by atoms with E-state index >= 15 is 0 Å². The van der Waals surface area contributed by atoms with Gasteiger partial charge in [-0.15, -0.1) is 0 Å². The second kappa shape index (κ2) is 5.84. The Labute approximate surface area is 137 Å². The van der Waals surface area contributed by atoms with Gasteiger partial charge in [-0.2, -0.15) is 0 Å². The first-order valence-corrected chi connectivity index (χ1v) is 8.16. The summed E-state index contributed by atoms with van der Waals surface area (Å²) < 4.78 is 5.85. The molecule has 1 aromatic heterocycles. The van der Waals surface area contributed by atoms with Crippen molar-refractivity contribution in [1.29, 1.82) is 0 Å². The molecule has 122 valence electrons. The normalized spacial score (nSPS) is 14.7. The molecule has 1 amide bonds. The summed E-state index contributed by atoms with van der Waals surface area (Å²) in [7, 11) is 0. The molecule has 1 aliphatic rings. The number of hydrogen-bond acceptors (Lipinski definition) is 3. The Balaban J connectivity index is 1.72. The maximum atomic E-state index is 12.6. The van der Waals surface area contributed by atoms with Crippen LogP contribution in [-0.4, -0.2) is 22.3 Å². The van der Waals surface area contributed by atoms with Crippen molar-refractivity contribution in [3.05, 3.63) is 52.7 Å². The molecule has 0 radical (unpaired) electrons. The van der Waals surface area contributed by atoms with Crippen molar-refractivity contribution in [2.45, 2.75) is 52.5 Å². The molecule has 0 N–H and O–H groups in total. The number of carbonyl (C=O) groups is 1. The largest absolute Gasteiger partial charge is 0.444 e. The second-order valence-corrected chi connectivity index (χ2v) is 7.29. The highest BCUT2D eigenvalue weighted by molar-refractivity contribution is 5.78. The average molecular weight is 312 g/mol. The minimum Gasteiger partial charge on any atom is -0.444 e. The third-order valence-electron chi connectivity index (χ3n) is 4.33. The molecule has 4 nitrogen and oxygen atoms in total. The van der Waals surface area contributed by atoms with Gasteiger partial charge >= 0.3 is 0 Å². The van der Waals surface area contributed by atoms with Gasteiger partial charge in [-0.05, 0) is 24.5 Å². The van der Waals surface area contributed by atoms with Gasteiger partial charge in [-0.1, -0.05) is 45.0 Å². The minimum atomic E-state index is -0.143. The van der Waals surface area contributed by atoms with Crippen molar-refractivity contribution in [2.24, 2.45) is 0 Å². The van der Waals surface area contributed by atoms with E-state index in [0.29, 0.717) is 18.2 Å². The Morgan fingerprint density at radius 1 is 1.26 bits per heavy atom. The van der Waals surface area contributed by atoms with Crippen molar-refractivity contribution in [3.63, 3.8) is 0 Å². The van der Waals surface area contributed by atoms with Crippen LogP contribution in [-0.2, 0) is 29.6 Å². The van der Waals surface area contributed by atoms with Crippen molar-refractivity contribution >= 4 is 5.91 Å². The number of oxazole rings is 1. The van der Waals surface area contributed by atoms with Gasteiger partial charge in [0.15, 0.2) is 5.89 Å². The number of fused-ring (bicyclic) bond motifs is 1. The lowest BCUT2D eigenvalue weighted by molar-refractivity contribution is -0.131. The summed E-state index contributed by atoms with van der Waals surface area (Å²) in [5.74, 6) is 1.50. The zero-order valence-electron chi connectivity index (χ0n) is 14.3. The number of amides is 1. The van der Waals surface area contributed by atoms with Crippen LogP contribution >= 0.6 is 0 Å². The SMILES string of the molecule is Cc1nc(C(C)(C)C)oc1CC(=O)N1CCc2ccccc2C1. The van der Waals surface area contributed by atoms with E-state index in [1.165, 1.54) is 11.1 Å². The number of hydrogen-bond donors (Lipinski definition) is 0. The standard InChI is InChI=1S/C19H24N2O2/c1-13-16(23-18(20-13)19(2,3)4)11-17(22)21-10-9-14-7-5-6-8-15(14)12-21/h5-8H,9-12H2,1-4H3. The molecule has 1 aromatic carbocycles. The molecule has 0 saturated heterocycles. The Bertz CT molecular complexity index is 725. The third kappa shape index (κ3) is 3.31. The highest BCUT2D eigenvalue weighted by Crippen LogP contribution is 2.25. The lowest BCUT2D eigenvalue weighted by Gasteiger charge is -2.28. The first-order chi connectivity index (χ1) is 10.8. The van der Waals surface area contributed by atoms with Crippen LogP contribution in [0.25, 0.3) is 0 Å². The minimum absolute atomic E-state index is 0.110. The monoisotopic (exact) mass is 312 g/mol. The lowest BCUT2D eigenvalue weighted by Crippen LogP contribution is -2.36. The van der Waals surface area contributed by atoms with Gasteiger partial charge in [0.05, 0.1) is 12.1 Å². The van der Waals surface area contributed by atoms with Crippen LogP contribution in [0, 0.1) is 6.92 Å². The molecular weight excluding hydrogens is 288 g/mol. The molecule has 1 aliphatic heterocycles. The summed E-state index contributed by atoms with van der Waals surface area (Å²) in [6.07, 6.45) is 1.21. The topological polar surface area (TPSA) is 46.3 Å². The van der Waals surface area contributed by atoms with Crippen LogP contribution in [0.1, 0.15) is 49.2 Å². The maximum absolute atomic E-state index is 12.6. The van der Waals surface area contributed by atoms with E-state index < -0.39 is 0 Å². The molecule has 0 fully saturated rings. The molecule has 0 spiro atoms. The zero-order chi connectivity index (χ0) is 16.6. The van der Waals surface area contributed by atoms with E-state index in [1.54, 1.807) is 0 Å². The average Bonchev–Trinajstić information content (AvgIpc) is 2.88. The molecule has 0 saturated carbocycles. The molecule has 0 unspecified atom stereocenters. The molecule has 2 heterocycles. The first-order valence-electron chi connectivity index (χ1n) is 8.16. The quantitative estimate of drug-likeness (QED) is 0.853. The van der Waals surface area contributed by atoms with Gasteiger partial charge in [-0.3, -0.25) is 4.79 Å². The van der Waals surface area contributed by atoms with Gasteiger partial charge in [0, 0.05) is 18.5 Å². The summed E-state index contributed by atoms with van der Waals surface area (Å²) in [5, 5.41) is 0. The molecular formula is C19H24N2O2. The van der Waals surface area contributed by atoms with Crippen molar-refractivity contribution < 1.29 is 9.21 Å². The number of aromatic nitrogens is 1. The Morgan fingerprint density at radius 3 is 2.61 bits per heavy atom. The van der Waals surface area contributed by atoms with E-state index in [4.69, 9.17) is 4.42 Å². The molecule has 3 rings (SSSR count). The zero-order valence-corrected chi connectivity index (χ0v) is 14.3. The van der Waals surface area contributed by atoms with Crippen LogP contribution in [0.4, 0.5) is 0 Å². The predicted molar refractivity (Wildman–Crippen MR) is 89.2 cm³/mol. The highest BCUT2D eigenvalue weighted by Gasteiger charge is 2.26. The van der Waals surface area contributed by atoms with Crippen LogP contribution in [0.3, 0.4) is 0 Å². The number of benzene rings is 1. The number of nitrogens with zero attached hydrogens (tertiary/aromatic N) is 2. The maximum Gasteiger partial charge on any atom is 0.230 e. The van der Waals surface area contributed by atoms with Gasteiger partial charge in [0.1, 0.15) is 5.76 Å². The Kier molecular flexibility index (Phi) is 4.00. The first kappa shape index (κ1) is 15.8. The summed E-state index contributed by atoms with van der Waals surface area (Å²) in [5.41, 5.74) is 3.27. The lowest BCUT2D eigenvalue weighted by atomic mass is 9.97. The third-order valence-corrected chi connectivity index (χ3v) is 4.33. The predicted octanol–water partition coefficient (Wildman–Crippen LogP) is 3.41. The summed E-state index contributed by atoms with van der Waals surface area (Å²) in [6, 6.07) is 8.34. The van der Waals surface area contributed by atoms with Crippen LogP contribution < -0.4 is 0 Å². The molecule has 4 heteroatoms. The van der Waals surface area contributed by atoms with E-state index in [-0.39, 0.29) is 17.7 Å². The molecule has 23 heavy (non-hydrogen) atoms. The van der Waals surface area contributed by atoms with Crippen molar-refractivity contribution in [3.8, 4) is 0 Å². The van der Waals surface area contributed by atoms with E-state index in [1.807, 2.05) is 17.9 Å². The van der Waals surface area contributed by atoms with Crippen LogP contribution in [0.2, 0.25) is 0 Å². The van der Waals surface area contributed by atoms with E-state index in [9.17, 15) is 4.79 Å². The molecule has 0 bridgehead atoms. The molecule has 0 atom stereocenters. The smallest absolute Gasteiger partial charge is 0.230 e. The Hall–Kier alpha value is -2.10. The van der Waals surface area contributed by atoms with Crippen molar-refractivity contribution in [1.82, 2.24) is 9.88 Å². The molecule has 2 aromatic rings. The van der Waals surface area contributed by atoms with Gasteiger partial charge in [-0.25, -0.2) is 4.98 Å². The van der Waals surface area contributed by atoms with E-state index in [0.717, 1.165) is 18.7 Å². The highest BCUT2D eigenvalue weighted by atomic mass is 16.4. The van der Waals surface area contributed by atoms with Crippen LogP contribution in [0.15, 0.2) is 28.7 Å². The fourth-order valence-corrected chi connectivity index (χ4v) is 2.87. The Morgan fingerprint density at radius 2 is 1.96 bits per heavy atom. The number of rotatable bonds is 2. The van der Waals surface area contributed by atoms with Crippen LogP contribution in [0.5, 0.6) is 0 Å². The van der Waals surface area contributed by atoms with Gasteiger partial charge in [0.25, 0.3) is 0 Å². The van der Waals surface area contributed by atoms with Gasteiger partial charge in [0.2, 0.25) is 5.91 Å². The number of aryl methyl sites for hydroxylation is 1. The summed E-state index contributed by atoms with van der Waals surface area (Å²) in [4.78, 5) is 19.0. The second-order valence-electron chi connectivity index (χ2n) is 7.29. The van der Waals surface area contributed by atoms with E-state index in [2.05, 4.69) is 44.0 Å². The molecule has 0 aliphatic carbocycles. The number of carbonyl (C=O) groups excluding carboxylic acids is 1. The fraction of sp³-hybridized carbons (Fsp3) is 0.474. The fourth-order valence-electron chi connectivity index (χ4n) is 2.87.